The molecule has 0 radical (unpaired) electrons. The topological polar surface area (TPSA) is 69.4 Å². The predicted molar refractivity (Wildman–Crippen MR) is 59.3 cm³/mol. The number of hydrogen-bond donors (Lipinski definition) is 2. The van der Waals surface area contributed by atoms with Gasteiger partial charge >= 0.3 is 6.36 Å². The number of hydrogen-bond acceptors (Lipinski definition) is 5. The molecule has 0 aliphatic rings. The van der Waals surface area contributed by atoms with Gasteiger partial charge in [0, 0.05) is 13.7 Å². The number of methoxy groups -OCH3 is 1. The molecule has 1 aromatic heterocycles. The van der Waals surface area contributed by atoms with E-state index in [1.807, 2.05) is 0 Å². The molecule has 1 unspecified atom stereocenters. The summed E-state index contributed by atoms with van der Waals surface area (Å²) in [7, 11) is 1.53. The molecule has 5 nitrogen and oxygen atoms in total. The average Bonchev–Trinajstić information content (AvgIpc) is 2.29. The number of alkyl halides is 3. The second kappa shape index (κ2) is 6.41. The van der Waals surface area contributed by atoms with Gasteiger partial charge in [0.2, 0.25) is 0 Å². The van der Waals surface area contributed by atoms with E-state index in [4.69, 9.17) is 10.5 Å². The van der Waals surface area contributed by atoms with Gasteiger partial charge in [0.15, 0.2) is 0 Å². The molecule has 8 heteroatoms. The quantitative estimate of drug-likeness (QED) is 0.813. The first-order valence-corrected chi connectivity index (χ1v) is 5.12. The van der Waals surface area contributed by atoms with E-state index in [1.165, 1.54) is 19.2 Å². The van der Waals surface area contributed by atoms with Gasteiger partial charge in [-0.1, -0.05) is 0 Å². The smallest absolute Gasteiger partial charge is 0.404 e. The molecule has 1 atom stereocenters. The van der Waals surface area contributed by atoms with Crippen LogP contribution in [0.4, 0.5) is 19.0 Å². The third-order valence-electron chi connectivity index (χ3n) is 1.97. The SMILES string of the molecule is COCC(CN)Nc1ccc(OC(F)(F)F)cn1. The van der Waals surface area contributed by atoms with E-state index in [0.717, 1.165) is 6.20 Å². The van der Waals surface area contributed by atoms with E-state index in [9.17, 15) is 13.2 Å². The van der Waals surface area contributed by atoms with Crippen molar-refractivity contribution in [1.82, 2.24) is 4.98 Å². The third kappa shape index (κ3) is 5.19. The average molecular weight is 265 g/mol. The van der Waals surface area contributed by atoms with Crippen molar-refractivity contribution in [2.24, 2.45) is 5.73 Å². The summed E-state index contributed by atoms with van der Waals surface area (Å²) in [6.07, 6.45) is -3.73. The zero-order valence-corrected chi connectivity index (χ0v) is 9.70. The molecule has 1 rings (SSSR count). The number of ether oxygens (including phenoxy) is 2. The van der Waals surface area contributed by atoms with Crippen LogP contribution in [0.1, 0.15) is 0 Å². The molecule has 0 spiro atoms. The number of nitrogens with one attached hydrogen (secondary N) is 1. The molecular weight excluding hydrogens is 251 g/mol. The molecule has 0 aromatic carbocycles. The molecule has 1 aromatic rings. The maximum absolute atomic E-state index is 11.9. The summed E-state index contributed by atoms with van der Waals surface area (Å²) in [6, 6.07) is 2.39. The zero-order valence-electron chi connectivity index (χ0n) is 9.70. The molecule has 0 aliphatic carbocycles. The van der Waals surface area contributed by atoms with E-state index >= 15 is 0 Å². The number of halogens is 3. The maximum atomic E-state index is 11.9. The molecule has 3 N–H and O–H groups in total. The van der Waals surface area contributed by atoms with Crippen LogP contribution in [0.25, 0.3) is 0 Å². The van der Waals surface area contributed by atoms with Crippen LogP contribution in [-0.2, 0) is 4.74 Å². The first kappa shape index (κ1) is 14.5. The van der Waals surface area contributed by atoms with Crippen molar-refractivity contribution in [3.05, 3.63) is 18.3 Å². The van der Waals surface area contributed by atoms with E-state index in [-0.39, 0.29) is 11.8 Å². The summed E-state index contributed by atoms with van der Waals surface area (Å²) >= 11 is 0. The molecule has 0 amide bonds. The van der Waals surface area contributed by atoms with Crippen molar-refractivity contribution < 1.29 is 22.6 Å². The summed E-state index contributed by atoms with van der Waals surface area (Å²) in [5, 5.41) is 2.92. The van der Waals surface area contributed by atoms with Gasteiger partial charge in [-0.05, 0) is 12.1 Å². The zero-order chi connectivity index (χ0) is 13.6. The molecule has 102 valence electrons. The Morgan fingerprint density at radius 3 is 2.61 bits per heavy atom. The van der Waals surface area contributed by atoms with Gasteiger partial charge in [-0.25, -0.2) is 4.98 Å². The maximum Gasteiger partial charge on any atom is 0.573 e. The van der Waals surface area contributed by atoms with E-state index in [1.54, 1.807) is 0 Å². The van der Waals surface area contributed by atoms with Crippen molar-refractivity contribution in [3.63, 3.8) is 0 Å². The van der Waals surface area contributed by atoms with Gasteiger partial charge in [0.1, 0.15) is 11.6 Å². The summed E-state index contributed by atoms with van der Waals surface area (Å²) in [6.45, 7) is 0.690. The molecule has 1 heterocycles. The van der Waals surface area contributed by atoms with Gasteiger partial charge in [-0.2, -0.15) is 0 Å². The normalized spacial score (nSPS) is 13.2. The second-order valence-corrected chi connectivity index (χ2v) is 3.46. The summed E-state index contributed by atoms with van der Waals surface area (Å²) < 4.78 is 44.3. The van der Waals surface area contributed by atoms with E-state index in [2.05, 4.69) is 15.0 Å². The number of anilines is 1. The minimum absolute atomic E-state index is 0.156. The number of nitrogens with zero attached hydrogens (tertiary/aromatic N) is 1. The van der Waals surface area contributed by atoms with Crippen LogP contribution in [0.2, 0.25) is 0 Å². The summed E-state index contributed by atoms with van der Waals surface area (Å²) in [4.78, 5) is 3.79. The fraction of sp³-hybridized carbons (Fsp3) is 0.500. The Kier molecular flexibility index (Phi) is 5.17. The van der Waals surface area contributed by atoms with Crippen LogP contribution < -0.4 is 15.8 Å². The number of aromatic nitrogens is 1. The van der Waals surface area contributed by atoms with Crippen LogP contribution in [0.3, 0.4) is 0 Å². The predicted octanol–water partition coefficient (Wildman–Crippen LogP) is 1.37. The highest BCUT2D eigenvalue weighted by atomic mass is 19.4. The lowest BCUT2D eigenvalue weighted by atomic mass is 10.3. The lowest BCUT2D eigenvalue weighted by Gasteiger charge is -2.16. The fourth-order valence-corrected chi connectivity index (χ4v) is 1.24. The first-order valence-electron chi connectivity index (χ1n) is 5.12. The minimum atomic E-state index is -4.72. The largest absolute Gasteiger partial charge is 0.573 e. The molecule has 0 bridgehead atoms. The number of nitrogens with two attached hydrogens (primary N) is 1. The lowest BCUT2D eigenvalue weighted by Crippen LogP contribution is -2.33. The van der Waals surface area contributed by atoms with E-state index in [0.29, 0.717) is 19.0 Å². The summed E-state index contributed by atoms with van der Waals surface area (Å²) in [5.74, 6) is 0.0288. The Morgan fingerprint density at radius 2 is 2.17 bits per heavy atom. The molecule has 0 fully saturated rings. The van der Waals surface area contributed by atoms with Crippen LogP contribution >= 0.6 is 0 Å². The monoisotopic (exact) mass is 265 g/mol. The summed E-state index contributed by atoms with van der Waals surface area (Å²) in [5.41, 5.74) is 5.48. The number of pyridine rings is 1. The molecule has 0 saturated heterocycles. The Balaban J connectivity index is 2.59. The van der Waals surface area contributed by atoms with Gasteiger partial charge < -0.3 is 20.5 Å². The Hall–Kier alpha value is -1.54. The van der Waals surface area contributed by atoms with Crippen LogP contribution in [-0.4, -0.2) is 37.6 Å². The van der Waals surface area contributed by atoms with E-state index < -0.39 is 6.36 Å². The molecule has 0 aliphatic heterocycles. The Bertz CT molecular complexity index is 356. The third-order valence-corrected chi connectivity index (χ3v) is 1.97. The van der Waals surface area contributed by atoms with Crippen molar-refractivity contribution >= 4 is 5.82 Å². The Labute approximate surface area is 102 Å². The highest BCUT2D eigenvalue weighted by Crippen LogP contribution is 2.22. The van der Waals surface area contributed by atoms with Crippen LogP contribution in [0, 0.1) is 0 Å². The molecule has 18 heavy (non-hydrogen) atoms. The van der Waals surface area contributed by atoms with Gasteiger partial charge in [-0.3, -0.25) is 0 Å². The second-order valence-electron chi connectivity index (χ2n) is 3.46. The van der Waals surface area contributed by atoms with Gasteiger partial charge in [0.05, 0.1) is 18.8 Å². The minimum Gasteiger partial charge on any atom is -0.404 e. The van der Waals surface area contributed by atoms with Crippen molar-refractivity contribution in [3.8, 4) is 5.75 Å². The molecular formula is C10H14F3N3O2. The number of rotatable bonds is 6. The standard InChI is InChI=1S/C10H14F3N3O2/c1-17-6-7(4-14)16-9-3-2-8(5-15-9)18-10(11,12)13/h2-3,5,7H,4,6,14H2,1H3,(H,15,16). The van der Waals surface area contributed by atoms with Crippen LogP contribution in [0.15, 0.2) is 18.3 Å². The van der Waals surface area contributed by atoms with Crippen molar-refractivity contribution in [1.29, 1.82) is 0 Å². The fourth-order valence-electron chi connectivity index (χ4n) is 1.24. The van der Waals surface area contributed by atoms with Gasteiger partial charge in [0.25, 0.3) is 0 Å². The van der Waals surface area contributed by atoms with Crippen molar-refractivity contribution in [2.45, 2.75) is 12.4 Å². The first-order chi connectivity index (χ1) is 8.44. The van der Waals surface area contributed by atoms with Crippen molar-refractivity contribution in [2.75, 3.05) is 25.6 Å². The van der Waals surface area contributed by atoms with Crippen LogP contribution in [0.5, 0.6) is 5.75 Å². The highest BCUT2D eigenvalue weighted by Gasteiger charge is 2.31. The van der Waals surface area contributed by atoms with Gasteiger partial charge in [-0.15, -0.1) is 13.2 Å². The Morgan fingerprint density at radius 1 is 1.44 bits per heavy atom. The lowest BCUT2D eigenvalue weighted by molar-refractivity contribution is -0.274. The molecule has 0 saturated carbocycles. The highest BCUT2D eigenvalue weighted by molar-refractivity contribution is 5.38.